The average molecular weight is 638 g/mol. The molecule has 5 rings (SSSR count). The lowest BCUT2D eigenvalue weighted by Crippen LogP contribution is -2.35. The number of fused-ring (bicyclic) bond motifs is 1. The second-order valence-corrected chi connectivity index (χ2v) is 10.4. The molecule has 7 nitrogen and oxygen atoms in total. The summed E-state index contributed by atoms with van der Waals surface area (Å²) >= 11 is 0. The van der Waals surface area contributed by atoms with Gasteiger partial charge in [-0.3, -0.25) is 19.3 Å². The number of primary amides is 1. The van der Waals surface area contributed by atoms with E-state index in [1.54, 1.807) is 0 Å². The van der Waals surface area contributed by atoms with Gasteiger partial charge in [0.15, 0.2) is 0 Å². The fraction of sp³-hybridized carbons (Fsp3) is 0.267. The van der Waals surface area contributed by atoms with Gasteiger partial charge >= 0.3 is 0 Å². The number of hydrogen-bond acceptors (Lipinski definition) is 4. The second kappa shape index (κ2) is 12.3. The molecule has 0 aliphatic heterocycles. The lowest BCUT2D eigenvalue weighted by atomic mass is 9.91. The van der Waals surface area contributed by atoms with E-state index >= 15 is 0 Å². The van der Waals surface area contributed by atoms with Gasteiger partial charge in [-0.15, -0.1) is 0 Å². The summed E-state index contributed by atoms with van der Waals surface area (Å²) in [7, 11) is 0. The number of nitrogens with one attached hydrogen (secondary N) is 1. The topological polar surface area (TPSA) is 103 Å². The third-order valence-corrected chi connectivity index (χ3v) is 7.30. The maximum atomic E-state index is 14.9. The molecule has 0 radical (unpaired) electrons. The van der Waals surface area contributed by atoms with Crippen LogP contribution in [-0.2, 0) is 23.7 Å². The van der Waals surface area contributed by atoms with Gasteiger partial charge in [-0.2, -0.15) is 13.9 Å². The zero-order chi connectivity index (χ0) is 32.6. The molecule has 15 heteroatoms. The molecular weight excluding hydrogens is 614 g/mol. The Kier molecular flexibility index (Phi) is 8.63. The normalized spacial score (nSPS) is 16.3. The smallest absolute Gasteiger partial charge is 0.289 e. The molecule has 0 spiro atoms. The number of aromatic nitrogens is 3. The fourth-order valence-corrected chi connectivity index (χ4v) is 5.41. The van der Waals surface area contributed by atoms with Crippen molar-refractivity contribution in [3.05, 3.63) is 106 Å². The van der Waals surface area contributed by atoms with E-state index in [1.807, 2.05) is 0 Å². The molecule has 1 aliphatic carbocycles. The summed E-state index contributed by atoms with van der Waals surface area (Å²) in [5.74, 6) is -8.68. The largest absolute Gasteiger partial charge is 0.366 e. The summed E-state index contributed by atoms with van der Waals surface area (Å²) < 4.78 is 114. The summed E-state index contributed by atoms with van der Waals surface area (Å²) in [6.45, 7) is -1.05. The number of carbonyl (C=O) groups excluding carboxylic acids is 2. The van der Waals surface area contributed by atoms with E-state index in [0.717, 1.165) is 24.3 Å². The molecular formula is C30H23F8N5O2. The van der Waals surface area contributed by atoms with Crippen LogP contribution in [-0.4, -0.2) is 26.6 Å². The second-order valence-electron chi connectivity index (χ2n) is 10.4. The molecule has 236 valence electrons. The highest BCUT2D eigenvalue weighted by molar-refractivity contribution is 5.94. The highest BCUT2D eigenvalue weighted by atomic mass is 19.3. The van der Waals surface area contributed by atoms with Gasteiger partial charge in [0.25, 0.3) is 18.3 Å². The van der Waals surface area contributed by atoms with Crippen molar-refractivity contribution in [1.29, 1.82) is 0 Å². The van der Waals surface area contributed by atoms with Crippen molar-refractivity contribution in [2.75, 3.05) is 0 Å². The van der Waals surface area contributed by atoms with Crippen LogP contribution in [0.4, 0.5) is 35.1 Å². The highest BCUT2D eigenvalue weighted by Gasteiger charge is 2.47. The number of rotatable bonds is 9. The Bertz CT molecular complexity index is 1760. The number of benzene rings is 2. The van der Waals surface area contributed by atoms with Crippen molar-refractivity contribution in [3.8, 4) is 11.1 Å². The molecule has 2 unspecified atom stereocenters. The standard InChI is InChI=1S/C30H23F8N5O2/c31-16-8-14(9-17(32)12-16)10-22(25-18(2-1-7-40-25)15-3-4-20(33)19(11-15)29(39)45)41-23(44)13-43-27-24(26(42-43)28(35)36)21(34)5-6-30(27,37)38/h1-4,7-9,11-12,21-22,28H,5-6,10,13H2,(H2,39,45)(H,41,44). The van der Waals surface area contributed by atoms with Gasteiger partial charge in [0.05, 0.1) is 17.3 Å². The number of nitrogens with zero attached hydrogens (tertiary/aromatic N) is 3. The predicted octanol–water partition coefficient (Wildman–Crippen LogP) is 6.40. The van der Waals surface area contributed by atoms with Crippen LogP contribution in [0.1, 0.15) is 70.0 Å². The Labute approximate surface area is 250 Å². The maximum absolute atomic E-state index is 14.9. The molecule has 2 amide bonds. The molecule has 0 saturated carbocycles. The first-order chi connectivity index (χ1) is 21.2. The lowest BCUT2D eigenvalue weighted by molar-refractivity contribution is -0.123. The first kappa shape index (κ1) is 31.6. The summed E-state index contributed by atoms with van der Waals surface area (Å²) in [5, 5.41) is 5.97. The zero-order valence-corrected chi connectivity index (χ0v) is 23.0. The maximum Gasteiger partial charge on any atom is 0.289 e. The van der Waals surface area contributed by atoms with Gasteiger partial charge in [0.1, 0.15) is 41.6 Å². The Morgan fingerprint density at radius 1 is 1.04 bits per heavy atom. The minimum atomic E-state index is -3.76. The number of pyridine rings is 1. The molecule has 2 atom stereocenters. The zero-order valence-electron chi connectivity index (χ0n) is 23.0. The van der Waals surface area contributed by atoms with Gasteiger partial charge in [-0.05, 0) is 54.3 Å². The van der Waals surface area contributed by atoms with Crippen LogP contribution >= 0.6 is 0 Å². The first-order valence-electron chi connectivity index (χ1n) is 13.4. The van der Waals surface area contributed by atoms with E-state index in [2.05, 4.69) is 15.4 Å². The summed E-state index contributed by atoms with van der Waals surface area (Å²) in [6.07, 6.45) is -6.27. The van der Waals surface area contributed by atoms with Crippen molar-refractivity contribution >= 4 is 11.8 Å². The van der Waals surface area contributed by atoms with Crippen LogP contribution in [0, 0.1) is 17.5 Å². The van der Waals surface area contributed by atoms with Crippen LogP contribution in [0.15, 0.2) is 54.7 Å². The molecule has 3 N–H and O–H groups in total. The van der Waals surface area contributed by atoms with Crippen LogP contribution in [0.2, 0.25) is 0 Å². The molecule has 0 fully saturated rings. The molecule has 2 aromatic heterocycles. The third-order valence-electron chi connectivity index (χ3n) is 7.30. The van der Waals surface area contributed by atoms with Crippen molar-refractivity contribution in [1.82, 2.24) is 20.1 Å². The van der Waals surface area contributed by atoms with Gasteiger partial charge < -0.3 is 11.1 Å². The molecule has 1 aliphatic rings. The van der Waals surface area contributed by atoms with Gasteiger partial charge in [0.2, 0.25) is 5.91 Å². The third kappa shape index (κ3) is 6.51. The number of amides is 2. The molecule has 2 heterocycles. The molecule has 2 aromatic carbocycles. The monoisotopic (exact) mass is 637 g/mol. The van der Waals surface area contributed by atoms with Crippen LogP contribution in [0.25, 0.3) is 11.1 Å². The van der Waals surface area contributed by atoms with E-state index in [1.165, 1.54) is 24.4 Å². The van der Waals surface area contributed by atoms with Crippen LogP contribution in [0.5, 0.6) is 0 Å². The van der Waals surface area contributed by atoms with Gasteiger partial charge in [-0.1, -0.05) is 12.1 Å². The number of nitrogens with two attached hydrogens (primary N) is 1. The minimum Gasteiger partial charge on any atom is -0.366 e. The van der Waals surface area contributed by atoms with Crippen molar-refractivity contribution < 1.29 is 44.7 Å². The van der Waals surface area contributed by atoms with E-state index in [4.69, 9.17) is 5.73 Å². The van der Waals surface area contributed by atoms with Crippen molar-refractivity contribution in [3.63, 3.8) is 0 Å². The van der Waals surface area contributed by atoms with E-state index < -0.39 is 95.7 Å². The summed E-state index contributed by atoms with van der Waals surface area (Å²) in [6, 6.07) is 7.69. The summed E-state index contributed by atoms with van der Waals surface area (Å²) in [4.78, 5) is 29.4. The van der Waals surface area contributed by atoms with Gasteiger partial charge in [0, 0.05) is 29.8 Å². The number of halogens is 8. The Morgan fingerprint density at radius 3 is 2.42 bits per heavy atom. The molecule has 0 bridgehead atoms. The minimum absolute atomic E-state index is 0.0367. The molecule has 0 saturated heterocycles. The Morgan fingerprint density at radius 2 is 1.76 bits per heavy atom. The quantitative estimate of drug-likeness (QED) is 0.208. The van der Waals surface area contributed by atoms with Crippen molar-refractivity contribution in [2.24, 2.45) is 5.73 Å². The fourth-order valence-electron chi connectivity index (χ4n) is 5.41. The average Bonchev–Trinajstić information content (AvgIpc) is 3.36. The van der Waals surface area contributed by atoms with Crippen LogP contribution < -0.4 is 11.1 Å². The van der Waals surface area contributed by atoms with Crippen molar-refractivity contribution in [2.45, 2.75) is 50.4 Å². The van der Waals surface area contributed by atoms with E-state index in [0.29, 0.717) is 10.7 Å². The summed E-state index contributed by atoms with van der Waals surface area (Å²) in [5.41, 5.74) is 2.03. The van der Waals surface area contributed by atoms with E-state index in [9.17, 15) is 44.7 Å². The SMILES string of the molecule is NC(=O)c1cc(-c2cccnc2C(Cc2cc(F)cc(F)c2)NC(=O)Cn2nc(C(F)F)c3c2C(F)(F)CCC3F)ccc1F. The lowest BCUT2D eigenvalue weighted by Gasteiger charge is -2.26. The van der Waals surface area contributed by atoms with E-state index in [-0.39, 0.29) is 28.8 Å². The molecule has 4 aromatic rings. The van der Waals surface area contributed by atoms with Gasteiger partial charge in [-0.25, -0.2) is 26.3 Å². The number of alkyl halides is 5. The highest BCUT2D eigenvalue weighted by Crippen LogP contribution is 2.48. The Hall–Kier alpha value is -4.82. The Balaban J connectivity index is 1.55. The first-order valence-corrected chi connectivity index (χ1v) is 13.4. The molecule has 45 heavy (non-hydrogen) atoms. The predicted molar refractivity (Wildman–Crippen MR) is 143 cm³/mol. The van der Waals surface area contributed by atoms with Crippen LogP contribution in [0.3, 0.4) is 0 Å². The number of carbonyl (C=O) groups is 2. The number of hydrogen-bond donors (Lipinski definition) is 2.